The fourth-order valence-corrected chi connectivity index (χ4v) is 1.88. The number of aryl methyl sites for hydroxylation is 1. The zero-order valence-corrected chi connectivity index (χ0v) is 10.8. The summed E-state index contributed by atoms with van der Waals surface area (Å²) in [5.41, 5.74) is 2.60. The van der Waals surface area contributed by atoms with Gasteiger partial charge in [-0.15, -0.1) is 0 Å². The van der Waals surface area contributed by atoms with Crippen LogP contribution >= 0.6 is 0 Å². The largest absolute Gasteiger partial charge is 0.486 e. The van der Waals surface area contributed by atoms with E-state index in [2.05, 4.69) is 39.8 Å². The Morgan fingerprint density at radius 3 is 2.56 bits per heavy atom. The van der Waals surface area contributed by atoms with Crippen molar-refractivity contribution in [2.45, 2.75) is 46.1 Å². The van der Waals surface area contributed by atoms with E-state index in [1.54, 1.807) is 0 Å². The Kier molecular flexibility index (Phi) is 2.61. The summed E-state index contributed by atoms with van der Waals surface area (Å²) < 4.78 is 11.5. The summed E-state index contributed by atoms with van der Waals surface area (Å²) in [4.78, 5) is 0. The molecule has 1 aliphatic rings. The number of ether oxygens (including phenoxy) is 2. The van der Waals surface area contributed by atoms with Crippen molar-refractivity contribution < 1.29 is 9.47 Å². The van der Waals surface area contributed by atoms with E-state index >= 15 is 0 Å². The molecule has 2 nitrogen and oxygen atoms in total. The molecule has 0 fully saturated rings. The Bertz CT molecular complexity index is 402. The topological polar surface area (TPSA) is 18.5 Å². The van der Waals surface area contributed by atoms with Gasteiger partial charge >= 0.3 is 0 Å². The molecule has 1 aromatic carbocycles. The van der Waals surface area contributed by atoms with Crippen molar-refractivity contribution in [3.8, 4) is 11.5 Å². The molecule has 2 heteroatoms. The van der Waals surface area contributed by atoms with Crippen LogP contribution in [0.5, 0.6) is 11.5 Å². The average Bonchev–Trinajstić information content (AvgIpc) is 2.17. The van der Waals surface area contributed by atoms with E-state index in [0.29, 0.717) is 6.61 Å². The molecule has 88 valence electrons. The molecule has 16 heavy (non-hydrogen) atoms. The van der Waals surface area contributed by atoms with E-state index in [0.717, 1.165) is 17.1 Å². The van der Waals surface area contributed by atoms with Crippen LogP contribution in [0.2, 0.25) is 0 Å². The van der Waals surface area contributed by atoms with Crippen LogP contribution < -0.4 is 9.47 Å². The molecular formula is C14H20O2. The van der Waals surface area contributed by atoms with Gasteiger partial charge in [-0.2, -0.15) is 0 Å². The molecule has 0 radical (unpaired) electrons. The highest BCUT2D eigenvalue weighted by atomic mass is 16.6. The predicted octanol–water partition coefficient (Wildman–Crippen LogP) is 3.45. The number of hydrogen-bond acceptors (Lipinski definition) is 2. The third-order valence-electron chi connectivity index (χ3n) is 2.90. The van der Waals surface area contributed by atoms with Gasteiger partial charge in [-0.1, -0.05) is 26.8 Å². The molecule has 0 spiro atoms. The molecular weight excluding hydrogens is 200 g/mol. The summed E-state index contributed by atoms with van der Waals surface area (Å²) in [7, 11) is 0. The van der Waals surface area contributed by atoms with Crippen molar-refractivity contribution in [1.82, 2.24) is 0 Å². The Morgan fingerprint density at radius 1 is 1.25 bits per heavy atom. The highest BCUT2D eigenvalue weighted by molar-refractivity contribution is 5.51. The van der Waals surface area contributed by atoms with Crippen molar-refractivity contribution in [3.63, 3.8) is 0 Å². The Balaban J connectivity index is 2.47. The lowest BCUT2D eigenvalue weighted by Crippen LogP contribution is -2.26. The summed E-state index contributed by atoms with van der Waals surface area (Å²) in [6, 6.07) is 4.30. The van der Waals surface area contributed by atoms with Crippen molar-refractivity contribution in [1.29, 1.82) is 0 Å². The number of hydrogen-bond donors (Lipinski definition) is 0. The minimum atomic E-state index is 0.145. The third kappa shape index (κ3) is 2.01. The number of rotatable bonds is 0. The van der Waals surface area contributed by atoms with Crippen LogP contribution in [0.1, 0.15) is 38.8 Å². The van der Waals surface area contributed by atoms with E-state index in [1.807, 2.05) is 6.92 Å². The summed E-state index contributed by atoms with van der Waals surface area (Å²) in [5, 5.41) is 0. The molecule has 2 rings (SSSR count). The predicted molar refractivity (Wildman–Crippen MR) is 65.5 cm³/mol. The minimum Gasteiger partial charge on any atom is -0.486 e. The first kappa shape index (κ1) is 11.3. The Hall–Kier alpha value is -1.18. The lowest BCUT2D eigenvalue weighted by molar-refractivity contribution is 0.103. The van der Waals surface area contributed by atoms with Crippen LogP contribution in [0.3, 0.4) is 0 Å². The van der Waals surface area contributed by atoms with E-state index in [9.17, 15) is 0 Å². The van der Waals surface area contributed by atoms with Crippen LogP contribution in [-0.4, -0.2) is 12.7 Å². The molecule has 0 aliphatic carbocycles. The zero-order valence-electron chi connectivity index (χ0n) is 10.8. The van der Waals surface area contributed by atoms with Crippen molar-refractivity contribution in [3.05, 3.63) is 23.3 Å². The maximum atomic E-state index is 5.81. The smallest absolute Gasteiger partial charge is 0.164 e. The quantitative estimate of drug-likeness (QED) is 0.666. The average molecular weight is 220 g/mol. The highest BCUT2D eigenvalue weighted by Gasteiger charge is 2.23. The summed E-state index contributed by atoms with van der Waals surface area (Å²) in [6.07, 6.45) is 0.145. The lowest BCUT2D eigenvalue weighted by atomic mass is 9.86. The molecule has 1 aromatic rings. The molecule has 1 atom stereocenters. The maximum absolute atomic E-state index is 5.81. The van der Waals surface area contributed by atoms with Gasteiger partial charge in [0.25, 0.3) is 0 Å². The van der Waals surface area contributed by atoms with E-state index in [-0.39, 0.29) is 11.5 Å². The highest BCUT2D eigenvalue weighted by Crippen LogP contribution is 2.39. The van der Waals surface area contributed by atoms with Gasteiger partial charge in [0.15, 0.2) is 11.5 Å². The summed E-state index contributed by atoms with van der Waals surface area (Å²) in [5.74, 6) is 1.80. The van der Waals surface area contributed by atoms with Gasteiger partial charge in [0.05, 0.1) is 0 Å². The van der Waals surface area contributed by atoms with Gasteiger partial charge in [-0.05, 0) is 36.5 Å². The standard InChI is InChI=1S/C14H20O2/c1-9-6-11(14(3,4)5)7-12-13(9)16-10(2)8-15-12/h6-7,10H,8H2,1-5H3. The molecule has 0 saturated carbocycles. The first-order valence-electron chi connectivity index (χ1n) is 5.82. The molecule has 1 heterocycles. The zero-order chi connectivity index (χ0) is 11.9. The monoisotopic (exact) mass is 220 g/mol. The second kappa shape index (κ2) is 3.69. The lowest BCUT2D eigenvalue weighted by Gasteiger charge is -2.28. The SMILES string of the molecule is Cc1cc(C(C)(C)C)cc2c1OC(C)CO2. The second-order valence-corrected chi connectivity index (χ2v) is 5.61. The van der Waals surface area contributed by atoms with E-state index in [4.69, 9.17) is 9.47 Å². The normalized spacial score (nSPS) is 19.7. The molecule has 0 aromatic heterocycles. The fraction of sp³-hybridized carbons (Fsp3) is 0.571. The van der Waals surface area contributed by atoms with Gasteiger partial charge in [-0.3, -0.25) is 0 Å². The van der Waals surface area contributed by atoms with Crippen molar-refractivity contribution >= 4 is 0 Å². The van der Waals surface area contributed by atoms with Gasteiger partial charge < -0.3 is 9.47 Å². The molecule has 0 amide bonds. The molecule has 0 N–H and O–H groups in total. The minimum absolute atomic E-state index is 0.145. The van der Waals surface area contributed by atoms with Crippen LogP contribution in [0.25, 0.3) is 0 Å². The molecule has 0 bridgehead atoms. The Labute approximate surface area is 97.6 Å². The van der Waals surface area contributed by atoms with E-state index in [1.165, 1.54) is 5.56 Å². The van der Waals surface area contributed by atoms with Crippen LogP contribution in [0, 0.1) is 6.92 Å². The van der Waals surface area contributed by atoms with Gasteiger partial charge in [-0.25, -0.2) is 0 Å². The number of fused-ring (bicyclic) bond motifs is 1. The van der Waals surface area contributed by atoms with Crippen LogP contribution in [-0.2, 0) is 5.41 Å². The summed E-state index contributed by atoms with van der Waals surface area (Å²) >= 11 is 0. The third-order valence-corrected chi connectivity index (χ3v) is 2.90. The number of benzene rings is 1. The van der Waals surface area contributed by atoms with Gasteiger partial charge in [0.2, 0.25) is 0 Å². The van der Waals surface area contributed by atoms with Gasteiger partial charge in [0, 0.05) is 0 Å². The fourth-order valence-electron chi connectivity index (χ4n) is 1.88. The molecule has 0 saturated heterocycles. The molecule has 1 unspecified atom stereocenters. The van der Waals surface area contributed by atoms with Crippen LogP contribution in [0.15, 0.2) is 12.1 Å². The summed E-state index contributed by atoms with van der Waals surface area (Å²) in [6.45, 7) is 11.4. The van der Waals surface area contributed by atoms with E-state index < -0.39 is 0 Å². The van der Waals surface area contributed by atoms with Crippen molar-refractivity contribution in [2.24, 2.45) is 0 Å². The Morgan fingerprint density at radius 2 is 1.94 bits per heavy atom. The van der Waals surface area contributed by atoms with Crippen LogP contribution in [0.4, 0.5) is 0 Å². The van der Waals surface area contributed by atoms with Crippen molar-refractivity contribution in [2.75, 3.05) is 6.61 Å². The first-order valence-corrected chi connectivity index (χ1v) is 5.82. The first-order chi connectivity index (χ1) is 7.38. The maximum Gasteiger partial charge on any atom is 0.164 e. The second-order valence-electron chi connectivity index (χ2n) is 5.61. The van der Waals surface area contributed by atoms with Gasteiger partial charge in [0.1, 0.15) is 12.7 Å². The molecule has 1 aliphatic heterocycles.